The molecule has 3 heterocycles. The first-order valence-electron chi connectivity index (χ1n) is 15.1. The van der Waals surface area contributed by atoms with E-state index in [4.69, 9.17) is 0 Å². The van der Waals surface area contributed by atoms with Crippen LogP contribution in [-0.4, -0.2) is 48.9 Å². The van der Waals surface area contributed by atoms with Crippen molar-refractivity contribution < 1.29 is 14.7 Å². The fourth-order valence-corrected chi connectivity index (χ4v) is 7.63. The first-order chi connectivity index (χ1) is 20.5. The van der Waals surface area contributed by atoms with Gasteiger partial charge in [0.2, 0.25) is 0 Å². The minimum atomic E-state index is -0.540. The van der Waals surface area contributed by atoms with Gasteiger partial charge in [-0.2, -0.15) is 0 Å². The number of hydrogen-bond acceptors (Lipinski definition) is 6. The number of Topliss-reactive ketones (excluding diaryl/α,β-unsaturated/α-hetero) is 1. The van der Waals surface area contributed by atoms with Crippen LogP contribution >= 0.6 is 11.3 Å². The molecule has 1 N–H and O–H groups in total. The molecule has 0 bridgehead atoms. The Morgan fingerprint density at radius 1 is 1.05 bits per heavy atom. The van der Waals surface area contributed by atoms with Crippen molar-refractivity contribution in [3.05, 3.63) is 100 Å². The smallest absolute Gasteiger partial charge is 0.254 e. The summed E-state index contributed by atoms with van der Waals surface area (Å²) in [6.45, 7) is 2.63. The predicted octanol–water partition coefficient (Wildman–Crippen LogP) is 6.60. The third-order valence-corrected chi connectivity index (χ3v) is 9.94. The lowest BCUT2D eigenvalue weighted by Crippen LogP contribution is -2.32. The van der Waals surface area contributed by atoms with Crippen molar-refractivity contribution in [2.45, 2.75) is 70.4 Å². The molecule has 1 aliphatic carbocycles. The Hall–Kier alpha value is -3.62. The second-order valence-corrected chi connectivity index (χ2v) is 12.7. The summed E-state index contributed by atoms with van der Waals surface area (Å²) in [5, 5.41) is 14.5. The van der Waals surface area contributed by atoms with E-state index in [0.717, 1.165) is 60.5 Å². The third kappa shape index (κ3) is 6.25. The van der Waals surface area contributed by atoms with Crippen LogP contribution in [0.15, 0.2) is 72.6 Å². The van der Waals surface area contributed by atoms with Crippen molar-refractivity contribution in [3.8, 4) is 5.69 Å². The number of likely N-dealkylation sites (tertiary alicyclic amines) is 1. The Morgan fingerprint density at radius 2 is 1.83 bits per heavy atom. The standard InChI is InChI=1S/C34H38N4O3S/c1-23-21-42-33(36-23)30-12-7-14-38(30)34(41)28-17-26(18-29(19-28)37-15-13-35-22-37)31(39)20-27(16-24-8-3-2-4-9-24)32(40)25-10-5-6-11-25/h2-4,8-9,13,15,17-19,21-22,25,27,30,32,40H,5-7,10-12,14,16,20H2,1H3/t27-,30-,32-/m1/s1. The number of hydrogen-bond donors (Lipinski definition) is 1. The van der Waals surface area contributed by atoms with Crippen molar-refractivity contribution in [3.63, 3.8) is 0 Å². The van der Waals surface area contributed by atoms with Gasteiger partial charge in [-0.05, 0) is 74.6 Å². The molecule has 8 heteroatoms. The molecule has 2 aromatic heterocycles. The predicted molar refractivity (Wildman–Crippen MR) is 164 cm³/mol. The zero-order valence-electron chi connectivity index (χ0n) is 24.1. The van der Waals surface area contributed by atoms with Gasteiger partial charge in [0.25, 0.3) is 5.91 Å². The number of carbonyl (C=O) groups excluding carboxylic acids is 2. The minimum Gasteiger partial charge on any atom is -0.393 e. The van der Waals surface area contributed by atoms with Gasteiger partial charge in [0.05, 0.1) is 18.5 Å². The highest BCUT2D eigenvalue weighted by molar-refractivity contribution is 7.09. The van der Waals surface area contributed by atoms with Crippen LogP contribution in [-0.2, 0) is 6.42 Å². The summed E-state index contributed by atoms with van der Waals surface area (Å²) in [4.78, 5) is 38.8. The number of aliphatic hydroxyl groups excluding tert-OH is 1. The molecule has 42 heavy (non-hydrogen) atoms. The monoisotopic (exact) mass is 582 g/mol. The van der Waals surface area contributed by atoms with Crippen LogP contribution in [0.25, 0.3) is 5.69 Å². The average molecular weight is 583 g/mol. The van der Waals surface area contributed by atoms with Crippen LogP contribution in [0.4, 0.5) is 0 Å². The van der Waals surface area contributed by atoms with Crippen LogP contribution in [0.3, 0.4) is 0 Å². The van der Waals surface area contributed by atoms with Gasteiger partial charge in [0, 0.05) is 53.2 Å². The topological polar surface area (TPSA) is 88.3 Å². The molecule has 6 rings (SSSR count). The van der Waals surface area contributed by atoms with Gasteiger partial charge in [0.15, 0.2) is 5.78 Å². The van der Waals surface area contributed by atoms with Crippen molar-refractivity contribution in [1.29, 1.82) is 0 Å². The normalized spacial score (nSPS) is 18.8. The number of carbonyl (C=O) groups is 2. The fourth-order valence-electron chi connectivity index (χ4n) is 6.68. The van der Waals surface area contributed by atoms with Gasteiger partial charge in [0.1, 0.15) is 5.01 Å². The number of aryl methyl sites for hydroxylation is 1. The van der Waals surface area contributed by atoms with E-state index in [-0.39, 0.29) is 36.0 Å². The first-order valence-corrected chi connectivity index (χ1v) is 16.0. The summed E-state index contributed by atoms with van der Waals surface area (Å²) in [5.74, 6) is -0.122. The molecule has 2 fully saturated rings. The number of rotatable bonds is 10. The summed E-state index contributed by atoms with van der Waals surface area (Å²) in [6, 6.07) is 15.5. The van der Waals surface area contributed by atoms with Crippen LogP contribution in [0.1, 0.15) is 88.0 Å². The summed E-state index contributed by atoms with van der Waals surface area (Å²) in [6.07, 6.45) is 11.6. The molecule has 0 radical (unpaired) electrons. The van der Waals surface area contributed by atoms with E-state index in [0.29, 0.717) is 24.1 Å². The summed E-state index contributed by atoms with van der Waals surface area (Å²) in [5.41, 5.74) is 3.78. The average Bonchev–Trinajstić information content (AvgIpc) is 3.84. The molecule has 2 aliphatic rings. The maximum atomic E-state index is 14.0. The second-order valence-electron chi connectivity index (χ2n) is 11.8. The van der Waals surface area contributed by atoms with Gasteiger partial charge in [-0.3, -0.25) is 9.59 Å². The van der Waals surface area contributed by atoms with E-state index >= 15 is 0 Å². The van der Waals surface area contributed by atoms with Crippen molar-refractivity contribution >= 4 is 23.0 Å². The summed E-state index contributed by atoms with van der Waals surface area (Å²) < 4.78 is 1.83. The van der Waals surface area contributed by atoms with E-state index in [1.54, 1.807) is 29.9 Å². The van der Waals surface area contributed by atoms with Crippen LogP contribution in [0, 0.1) is 18.8 Å². The molecule has 2 aromatic carbocycles. The highest BCUT2D eigenvalue weighted by Crippen LogP contribution is 2.36. The maximum Gasteiger partial charge on any atom is 0.254 e. The van der Waals surface area contributed by atoms with Gasteiger partial charge < -0.3 is 14.6 Å². The molecule has 218 valence electrons. The van der Waals surface area contributed by atoms with E-state index in [1.165, 1.54) is 0 Å². The minimum absolute atomic E-state index is 0.0518. The third-order valence-electron chi connectivity index (χ3n) is 8.88. The van der Waals surface area contributed by atoms with Crippen LogP contribution in [0.5, 0.6) is 0 Å². The van der Waals surface area contributed by atoms with E-state index in [9.17, 15) is 14.7 Å². The number of ketones is 1. The molecule has 1 saturated heterocycles. The van der Waals surface area contributed by atoms with Crippen molar-refractivity contribution in [2.75, 3.05) is 6.54 Å². The van der Waals surface area contributed by atoms with Gasteiger partial charge in [-0.1, -0.05) is 43.2 Å². The van der Waals surface area contributed by atoms with Crippen LogP contribution in [0.2, 0.25) is 0 Å². The molecule has 7 nitrogen and oxygen atoms in total. The summed E-state index contributed by atoms with van der Waals surface area (Å²) in [7, 11) is 0. The van der Waals surface area contributed by atoms with Gasteiger partial charge in [-0.25, -0.2) is 9.97 Å². The molecule has 0 spiro atoms. The fraction of sp³-hybridized carbons (Fsp3) is 0.412. The maximum absolute atomic E-state index is 14.0. The molecule has 1 saturated carbocycles. The summed E-state index contributed by atoms with van der Waals surface area (Å²) >= 11 is 1.60. The quantitative estimate of drug-likeness (QED) is 0.213. The Morgan fingerprint density at radius 3 is 2.55 bits per heavy atom. The molecule has 3 atom stereocenters. The van der Waals surface area contributed by atoms with E-state index in [1.807, 2.05) is 58.3 Å². The lowest BCUT2D eigenvalue weighted by molar-refractivity contribution is 0.0456. The molecule has 0 unspecified atom stereocenters. The number of amides is 1. The first kappa shape index (κ1) is 28.5. The number of nitrogens with zero attached hydrogens (tertiary/aromatic N) is 4. The lowest BCUT2D eigenvalue weighted by Gasteiger charge is -2.27. The van der Waals surface area contributed by atoms with Crippen molar-refractivity contribution in [2.24, 2.45) is 11.8 Å². The number of aliphatic hydroxyl groups is 1. The van der Waals surface area contributed by atoms with Crippen molar-refractivity contribution in [1.82, 2.24) is 19.4 Å². The highest BCUT2D eigenvalue weighted by Gasteiger charge is 2.34. The van der Waals surface area contributed by atoms with Gasteiger partial charge in [-0.15, -0.1) is 11.3 Å². The number of aromatic nitrogens is 3. The Bertz CT molecular complexity index is 1510. The Kier molecular flexibility index (Phi) is 8.63. The largest absolute Gasteiger partial charge is 0.393 e. The molecule has 1 amide bonds. The Balaban J connectivity index is 1.30. The SMILES string of the molecule is Cc1csc([C@H]2CCCN2C(=O)c2cc(C(=O)C[C@@H](Cc3ccccc3)[C@H](O)C3CCCC3)cc(-n3ccnc3)c2)n1. The van der Waals surface area contributed by atoms with E-state index in [2.05, 4.69) is 22.1 Å². The Labute approximate surface area is 251 Å². The molecular weight excluding hydrogens is 544 g/mol. The van der Waals surface area contributed by atoms with Gasteiger partial charge >= 0.3 is 0 Å². The number of imidazole rings is 1. The highest BCUT2D eigenvalue weighted by atomic mass is 32.1. The zero-order valence-corrected chi connectivity index (χ0v) is 24.9. The molecule has 1 aliphatic heterocycles. The zero-order chi connectivity index (χ0) is 29.1. The molecule has 4 aromatic rings. The molecular formula is C34H38N4O3S. The lowest BCUT2D eigenvalue weighted by atomic mass is 9.81. The van der Waals surface area contributed by atoms with E-state index < -0.39 is 6.10 Å². The van der Waals surface area contributed by atoms with Crippen LogP contribution < -0.4 is 0 Å². The number of benzene rings is 2. The number of thiazole rings is 1. The second kappa shape index (κ2) is 12.7.